The summed E-state index contributed by atoms with van der Waals surface area (Å²) in [5, 5.41) is 0. The van der Waals surface area contributed by atoms with E-state index in [9.17, 15) is 0 Å². The van der Waals surface area contributed by atoms with E-state index in [1.165, 1.54) is 0 Å². The van der Waals surface area contributed by atoms with E-state index in [0.29, 0.717) is 12.2 Å². The molecule has 0 spiro atoms. The second-order valence-corrected chi connectivity index (χ2v) is 1.90. The van der Waals surface area contributed by atoms with Crippen LogP contribution >= 0.6 is 0 Å². The number of nitrogens with one attached hydrogen (secondary N) is 1. The lowest BCUT2D eigenvalue weighted by molar-refractivity contribution is 1.07. The van der Waals surface area contributed by atoms with Crippen molar-refractivity contribution >= 4 is 5.69 Å². The van der Waals surface area contributed by atoms with E-state index < -0.39 is 0 Å². The molecule has 2 nitrogen and oxygen atoms in total. The molecule has 2 heteroatoms. The van der Waals surface area contributed by atoms with Crippen LogP contribution in [0.15, 0.2) is 24.3 Å². The number of nitrogens with two attached hydrogens (primary N) is 1. The summed E-state index contributed by atoms with van der Waals surface area (Å²) in [6.45, 7) is 0.556. The molecule has 0 aliphatic carbocycles. The minimum atomic E-state index is 0.534. The number of rotatable bonds is 1. The molecule has 0 fully saturated rings. The van der Waals surface area contributed by atoms with Crippen molar-refractivity contribution < 1.29 is 0 Å². The largest absolute Gasteiger partial charge is 0.326 e. The van der Waals surface area contributed by atoms with Crippen LogP contribution in [0.4, 0.5) is 5.69 Å². The van der Waals surface area contributed by atoms with Crippen molar-refractivity contribution in [2.24, 2.45) is 5.73 Å². The third-order valence-electron chi connectivity index (χ3n) is 1.19. The zero-order chi connectivity index (χ0) is 6.69. The van der Waals surface area contributed by atoms with Gasteiger partial charge in [0.15, 0.2) is 0 Å². The molecule has 0 heterocycles. The van der Waals surface area contributed by atoms with Crippen LogP contribution in [0.5, 0.6) is 0 Å². The van der Waals surface area contributed by atoms with Crippen LogP contribution in [0.1, 0.15) is 5.56 Å². The molecule has 0 saturated heterocycles. The first-order valence-corrected chi connectivity index (χ1v) is 2.83. The second kappa shape index (κ2) is 2.51. The van der Waals surface area contributed by atoms with Gasteiger partial charge in [0, 0.05) is 6.54 Å². The van der Waals surface area contributed by atoms with E-state index in [1.807, 2.05) is 12.1 Å². The summed E-state index contributed by atoms with van der Waals surface area (Å²) in [4.78, 5) is 0. The van der Waals surface area contributed by atoms with E-state index in [-0.39, 0.29) is 0 Å². The minimum Gasteiger partial charge on any atom is -0.326 e. The summed E-state index contributed by atoms with van der Waals surface area (Å²) >= 11 is 0. The van der Waals surface area contributed by atoms with Crippen LogP contribution in [0, 0.1) is 0 Å². The molecule has 9 heavy (non-hydrogen) atoms. The maximum Gasteiger partial charge on any atom is 0.0540 e. The molecule has 0 amide bonds. The maximum absolute atomic E-state index is 7.13. The molecule has 1 radical (unpaired) electrons. The summed E-state index contributed by atoms with van der Waals surface area (Å²) in [5.41, 5.74) is 14.1. The van der Waals surface area contributed by atoms with Gasteiger partial charge >= 0.3 is 0 Å². The molecular formula is C7H9N2. The molecule has 0 aromatic heterocycles. The number of hydrogen-bond acceptors (Lipinski definition) is 1. The lowest BCUT2D eigenvalue weighted by Crippen LogP contribution is -1.94. The van der Waals surface area contributed by atoms with Crippen LogP contribution in [0.2, 0.25) is 0 Å². The Morgan fingerprint density at radius 3 is 2.22 bits per heavy atom. The molecule has 0 bridgehead atoms. The third-order valence-corrected chi connectivity index (χ3v) is 1.19. The highest BCUT2D eigenvalue weighted by Gasteiger charge is 1.86. The molecule has 47 valence electrons. The molecule has 0 unspecified atom stereocenters. The zero-order valence-electron chi connectivity index (χ0n) is 5.09. The Morgan fingerprint density at radius 2 is 1.78 bits per heavy atom. The Hall–Kier alpha value is -1.02. The van der Waals surface area contributed by atoms with E-state index in [4.69, 9.17) is 11.5 Å². The molecule has 0 aliphatic heterocycles. The van der Waals surface area contributed by atoms with Crippen molar-refractivity contribution in [3.63, 3.8) is 0 Å². The van der Waals surface area contributed by atoms with Gasteiger partial charge in [0.05, 0.1) is 5.69 Å². The highest BCUT2D eigenvalue weighted by molar-refractivity contribution is 5.35. The second-order valence-electron chi connectivity index (χ2n) is 1.90. The molecule has 1 aromatic carbocycles. The van der Waals surface area contributed by atoms with Gasteiger partial charge in [-0.05, 0) is 17.7 Å². The first-order valence-electron chi connectivity index (χ1n) is 2.83. The van der Waals surface area contributed by atoms with E-state index in [0.717, 1.165) is 5.56 Å². The van der Waals surface area contributed by atoms with Crippen molar-refractivity contribution in [3.8, 4) is 0 Å². The summed E-state index contributed by atoms with van der Waals surface area (Å²) in [6.07, 6.45) is 0. The molecule has 0 atom stereocenters. The molecule has 0 saturated carbocycles. The summed E-state index contributed by atoms with van der Waals surface area (Å²) in [6, 6.07) is 7.20. The molecule has 1 rings (SSSR count). The average Bonchev–Trinajstić information content (AvgIpc) is 1.90. The molecule has 1 aromatic rings. The summed E-state index contributed by atoms with van der Waals surface area (Å²) < 4.78 is 0. The van der Waals surface area contributed by atoms with Crippen LogP contribution in [0.3, 0.4) is 0 Å². The van der Waals surface area contributed by atoms with E-state index >= 15 is 0 Å². The van der Waals surface area contributed by atoms with Gasteiger partial charge in [-0.25, -0.2) is 0 Å². The van der Waals surface area contributed by atoms with Gasteiger partial charge in [-0.15, -0.1) is 0 Å². The van der Waals surface area contributed by atoms with Crippen molar-refractivity contribution in [2.75, 3.05) is 0 Å². The fourth-order valence-electron chi connectivity index (χ4n) is 0.641. The topological polar surface area (TPSA) is 49.8 Å². The molecular weight excluding hydrogens is 112 g/mol. The zero-order valence-corrected chi connectivity index (χ0v) is 5.09. The Balaban J connectivity index is 2.88. The fourth-order valence-corrected chi connectivity index (χ4v) is 0.641. The SMILES string of the molecule is [NH]c1ccc(CN)cc1. The predicted octanol–water partition coefficient (Wildman–Crippen LogP) is 1.06. The smallest absolute Gasteiger partial charge is 0.0540 e. The lowest BCUT2D eigenvalue weighted by Gasteiger charge is -1.93. The maximum atomic E-state index is 7.13. The van der Waals surface area contributed by atoms with Crippen LogP contribution in [-0.2, 0) is 6.54 Å². The molecule has 0 aliphatic rings. The van der Waals surface area contributed by atoms with Gasteiger partial charge in [-0.1, -0.05) is 12.1 Å². The highest BCUT2D eigenvalue weighted by Crippen LogP contribution is 2.04. The van der Waals surface area contributed by atoms with Gasteiger partial charge in [0.2, 0.25) is 0 Å². The first-order chi connectivity index (χ1) is 4.33. The van der Waals surface area contributed by atoms with E-state index in [2.05, 4.69) is 0 Å². The van der Waals surface area contributed by atoms with Gasteiger partial charge < -0.3 is 11.5 Å². The Kier molecular flexibility index (Phi) is 1.70. The Morgan fingerprint density at radius 1 is 1.22 bits per heavy atom. The van der Waals surface area contributed by atoms with Crippen molar-refractivity contribution in [1.29, 1.82) is 0 Å². The van der Waals surface area contributed by atoms with Crippen LogP contribution < -0.4 is 11.5 Å². The van der Waals surface area contributed by atoms with Crippen molar-refractivity contribution in [3.05, 3.63) is 29.8 Å². The molecule has 3 N–H and O–H groups in total. The first kappa shape index (κ1) is 6.11. The lowest BCUT2D eigenvalue weighted by atomic mass is 10.2. The highest BCUT2D eigenvalue weighted by atomic mass is 14.5. The standard InChI is InChI=1S/C7H9N2/c8-5-6-1-3-7(9)4-2-6/h1-4,9H,5,8H2. The van der Waals surface area contributed by atoms with Crippen LogP contribution in [0.25, 0.3) is 0 Å². The number of hydrogen-bond donors (Lipinski definition) is 1. The van der Waals surface area contributed by atoms with Gasteiger partial charge in [0.1, 0.15) is 0 Å². The Labute approximate surface area is 54.5 Å². The fraction of sp³-hybridized carbons (Fsp3) is 0.143. The summed E-state index contributed by atoms with van der Waals surface area (Å²) in [7, 11) is 0. The predicted molar refractivity (Wildman–Crippen MR) is 37.1 cm³/mol. The quantitative estimate of drug-likeness (QED) is 0.593. The van der Waals surface area contributed by atoms with Crippen molar-refractivity contribution in [2.45, 2.75) is 6.54 Å². The van der Waals surface area contributed by atoms with Crippen LogP contribution in [-0.4, -0.2) is 0 Å². The monoisotopic (exact) mass is 121 g/mol. The van der Waals surface area contributed by atoms with E-state index in [1.54, 1.807) is 12.1 Å². The number of benzene rings is 1. The Bertz CT molecular complexity index is 179. The summed E-state index contributed by atoms with van der Waals surface area (Å²) in [5.74, 6) is 0. The third kappa shape index (κ3) is 1.44. The minimum absolute atomic E-state index is 0.534. The van der Waals surface area contributed by atoms with Gasteiger partial charge in [-0.2, -0.15) is 0 Å². The van der Waals surface area contributed by atoms with Crippen molar-refractivity contribution in [1.82, 2.24) is 5.73 Å². The average molecular weight is 121 g/mol. The van der Waals surface area contributed by atoms with Gasteiger partial charge in [0.25, 0.3) is 0 Å². The van der Waals surface area contributed by atoms with Gasteiger partial charge in [-0.3, -0.25) is 0 Å². The normalized spacial score (nSPS) is 9.44.